The second-order valence-electron chi connectivity index (χ2n) is 5.23. The van der Waals surface area contributed by atoms with Crippen molar-refractivity contribution in [2.24, 2.45) is 11.8 Å². The topological polar surface area (TPSA) is 21.3 Å². The molecule has 1 N–H and O–H groups in total. The molecule has 2 fully saturated rings. The van der Waals surface area contributed by atoms with Crippen molar-refractivity contribution in [3.63, 3.8) is 0 Å². The fraction of sp³-hybridized carbons (Fsp3) is 1.00. The molecule has 1 saturated carbocycles. The molecule has 1 heterocycles. The van der Waals surface area contributed by atoms with Crippen LogP contribution in [0.1, 0.15) is 39.5 Å². The van der Waals surface area contributed by atoms with Crippen molar-refractivity contribution in [1.29, 1.82) is 0 Å². The summed E-state index contributed by atoms with van der Waals surface area (Å²) in [5, 5.41) is 3.82. The van der Waals surface area contributed by atoms with E-state index in [1.54, 1.807) is 0 Å². The van der Waals surface area contributed by atoms with Crippen molar-refractivity contribution in [2.45, 2.75) is 51.6 Å². The second-order valence-corrected chi connectivity index (χ2v) is 5.23. The third kappa shape index (κ3) is 2.48. The van der Waals surface area contributed by atoms with Gasteiger partial charge in [-0.15, -0.1) is 0 Å². The molecular formula is C12H23NO. The van der Waals surface area contributed by atoms with Crippen molar-refractivity contribution in [1.82, 2.24) is 5.32 Å². The molecule has 0 amide bonds. The van der Waals surface area contributed by atoms with Gasteiger partial charge in [-0.1, -0.05) is 13.8 Å². The van der Waals surface area contributed by atoms with Crippen molar-refractivity contribution >= 4 is 0 Å². The molecule has 2 rings (SSSR count). The van der Waals surface area contributed by atoms with Gasteiger partial charge in [0.05, 0.1) is 6.61 Å². The number of ether oxygens (including phenoxy) is 1. The molecule has 4 unspecified atom stereocenters. The molecule has 4 atom stereocenters. The van der Waals surface area contributed by atoms with Crippen LogP contribution in [-0.2, 0) is 4.74 Å². The van der Waals surface area contributed by atoms with Gasteiger partial charge in [0, 0.05) is 18.7 Å². The Bertz CT molecular complexity index is 183. The maximum absolute atomic E-state index is 5.46. The van der Waals surface area contributed by atoms with E-state index in [1.807, 2.05) is 0 Å². The molecule has 0 radical (unpaired) electrons. The van der Waals surface area contributed by atoms with Crippen LogP contribution in [0.3, 0.4) is 0 Å². The minimum Gasteiger partial charge on any atom is -0.381 e. The van der Waals surface area contributed by atoms with Gasteiger partial charge in [-0.25, -0.2) is 0 Å². The monoisotopic (exact) mass is 197 g/mol. The van der Waals surface area contributed by atoms with Gasteiger partial charge < -0.3 is 10.1 Å². The number of hydrogen-bond acceptors (Lipinski definition) is 2. The van der Waals surface area contributed by atoms with Gasteiger partial charge in [0.1, 0.15) is 0 Å². The fourth-order valence-corrected chi connectivity index (χ4v) is 2.79. The zero-order chi connectivity index (χ0) is 9.97. The zero-order valence-electron chi connectivity index (χ0n) is 9.46. The highest BCUT2D eigenvalue weighted by Crippen LogP contribution is 2.26. The molecule has 2 aliphatic rings. The lowest BCUT2D eigenvalue weighted by atomic mass is 9.96. The summed E-state index contributed by atoms with van der Waals surface area (Å²) in [6, 6.07) is 1.49. The third-order valence-electron chi connectivity index (χ3n) is 3.79. The first-order valence-electron chi connectivity index (χ1n) is 6.09. The highest BCUT2D eigenvalue weighted by atomic mass is 16.5. The Morgan fingerprint density at radius 1 is 1.14 bits per heavy atom. The molecule has 2 nitrogen and oxygen atoms in total. The van der Waals surface area contributed by atoms with E-state index < -0.39 is 0 Å². The predicted molar refractivity (Wildman–Crippen MR) is 58.3 cm³/mol. The van der Waals surface area contributed by atoms with Crippen LogP contribution in [0.4, 0.5) is 0 Å². The van der Waals surface area contributed by atoms with Crippen LogP contribution in [0.2, 0.25) is 0 Å². The SMILES string of the molecule is CC1CCC(NC2CCOCC2C)C1. The van der Waals surface area contributed by atoms with E-state index in [2.05, 4.69) is 19.2 Å². The predicted octanol–water partition coefficient (Wildman–Crippen LogP) is 2.19. The molecule has 0 aromatic carbocycles. The maximum Gasteiger partial charge on any atom is 0.0506 e. The van der Waals surface area contributed by atoms with Gasteiger partial charge in [0.15, 0.2) is 0 Å². The summed E-state index contributed by atoms with van der Waals surface area (Å²) in [5.74, 6) is 1.63. The zero-order valence-corrected chi connectivity index (χ0v) is 9.46. The van der Waals surface area contributed by atoms with E-state index >= 15 is 0 Å². The van der Waals surface area contributed by atoms with Crippen LogP contribution in [0.5, 0.6) is 0 Å². The average molecular weight is 197 g/mol. The van der Waals surface area contributed by atoms with E-state index in [0.29, 0.717) is 12.0 Å². The minimum absolute atomic E-state index is 0.694. The molecule has 1 aliphatic heterocycles. The quantitative estimate of drug-likeness (QED) is 0.732. The summed E-state index contributed by atoms with van der Waals surface area (Å²) in [5.41, 5.74) is 0. The Labute approximate surface area is 87.4 Å². The van der Waals surface area contributed by atoms with E-state index in [9.17, 15) is 0 Å². The molecular weight excluding hydrogens is 174 g/mol. The summed E-state index contributed by atoms with van der Waals surface area (Å²) in [6.45, 7) is 6.56. The largest absolute Gasteiger partial charge is 0.381 e. The third-order valence-corrected chi connectivity index (χ3v) is 3.79. The van der Waals surface area contributed by atoms with Crippen molar-refractivity contribution < 1.29 is 4.74 Å². The summed E-state index contributed by atoms with van der Waals surface area (Å²) < 4.78 is 5.46. The van der Waals surface area contributed by atoms with E-state index in [0.717, 1.165) is 25.2 Å². The Morgan fingerprint density at radius 3 is 2.64 bits per heavy atom. The van der Waals surface area contributed by atoms with Crippen LogP contribution in [0, 0.1) is 11.8 Å². The van der Waals surface area contributed by atoms with Gasteiger partial charge >= 0.3 is 0 Å². The molecule has 0 aromatic rings. The summed E-state index contributed by atoms with van der Waals surface area (Å²) >= 11 is 0. The first-order valence-corrected chi connectivity index (χ1v) is 6.09. The number of hydrogen-bond donors (Lipinski definition) is 1. The van der Waals surface area contributed by atoms with Crippen LogP contribution in [0.15, 0.2) is 0 Å². The lowest BCUT2D eigenvalue weighted by molar-refractivity contribution is 0.0359. The van der Waals surface area contributed by atoms with Crippen molar-refractivity contribution in [2.75, 3.05) is 13.2 Å². The van der Waals surface area contributed by atoms with Crippen molar-refractivity contribution in [3.8, 4) is 0 Å². The van der Waals surface area contributed by atoms with Crippen LogP contribution in [0.25, 0.3) is 0 Å². The molecule has 0 aromatic heterocycles. The highest BCUT2D eigenvalue weighted by molar-refractivity contribution is 4.85. The first-order chi connectivity index (χ1) is 6.75. The molecule has 0 bridgehead atoms. The van der Waals surface area contributed by atoms with Gasteiger partial charge in [0.25, 0.3) is 0 Å². The number of rotatable bonds is 2. The lowest BCUT2D eigenvalue weighted by Gasteiger charge is -2.32. The first kappa shape index (κ1) is 10.4. The van der Waals surface area contributed by atoms with Crippen LogP contribution in [-0.4, -0.2) is 25.3 Å². The Balaban J connectivity index is 1.78. The molecule has 1 aliphatic carbocycles. The number of nitrogens with one attached hydrogen (secondary N) is 1. The van der Waals surface area contributed by atoms with Gasteiger partial charge in [-0.05, 0) is 37.5 Å². The Kier molecular flexibility index (Phi) is 3.45. The fourth-order valence-electron chi connectivity index (χ4n) is 2.79. The molecule has 82 valence electrons. The average Bonchev–Trinajstić information content (AvgIpc) is 2.56. The van der Waals surface area contributed by atoms with E-state index in [-0.39, 0.29) is 0 Å². The van der Waals surface area contributed by atoms with Gasteiger partial charge in [0.2, 0.25) is 0 Å². The van der Waals surface area contributed by atoms with E-state index in [4.69, 9.17) is 4.74 Å². The molecule has 2 heteroatoms. The summed E-state index contributed by atoms with van der Waals surface area (Å²) in [4.78, 5) is 0. The molecule has 0 spiro atoms. The summed E-state index contributed by atoms with van der Waals surface area (Å²) in [6.07, 6.45) is 5.37. The van der Waals surface area contributed by atoms with Crippen LogP contribution >= 0.6 is 0 Å². The highest BCUT2D eigenvalue weighted by Gasteiger charge is 2.27. The minimum atomic E-state index is 0.694. The maximum atomic E-state index is 5.46. The second kappa shape index (κ2) is 4.63. The van der Waals surface area contributed by atoms with Crippen LogP contribution < -0.4 is 5.32 Å². The van der Waals surface area contributed by atoms with Gasteiger partial charge in [-0.2, -0.15) is 0 Å². The van der Waals surface area contributed by atoms with E-state index in [1.165, 1.54) is 25.7 Å². The van der Waals surface area contributed by atoms with Crippen molar-refractivity contribution in [3.05, 3.63) is 0 Å². The lowest BCUT2D eigenvalue weighted by Crippen LogP contribution is -2.45. The Morgan fingerprint density at radius 2 is 2.00 bits per heavy atom. The molecule has 14 heavy (non-hydrogen) atoms. The standard InChI is InChI=1S/C12H23NO/c1-9-3-4-11(7-9)13-12-5-6-14-8-10(12)2/h9-13H,3-8H2,1-2H3. The summed E-state index contributed by atoms with van der Waals surface area (Å²) in [7, 11) is 0. The Hall–Kier alpha value is -0.0800. The smallest absolute Gasteiger partial charge is 0.0506 e. The van der Waals surface area contributed by atoms with Gasteiger partial charge in [-0.3, -0.25) is 0 Å². The molecule has 1 saturated heterocycles. The normalized spacial score (nSPS) is 44.1.